The first-order valence-electron chi connectivity index (χ1n) is 8.56. The van der Waals surface area contributed by atoms with Crippen molar-refractivity contribution in [1.29, 1.82) is 0 Å². The molecule has 0 radical (unpaired) electrons. The number of carbonyl (C=O) groups is 1. The van der Waals surface area contributed by atoms with Crippen molar-refractivity contribution >= 4 is 22.5 Å². The van der Waals surface area contributed by atoms with E-state index in [0.717, 1.165) is 18.4 Å². The van der Waals surface area contributed by atoms with Crippen LogP contribution in [0.5, 0.6) is 11.6 Å². The van der Waals surface area contributed by atoms with E-state index >= 15 is 0 Å². The fourth-order valence-corrected chi connectivity index (χ4v) is 2.80. The fourth-order valence-electron chi connectivity index (χ4n) is 2.80. The Balaban J connectivity index is 2.04. The minimum absolute atomic E-state index is 0.00585. The van der Waals surface area contributed by atoms with Crippen LogP contribution in [0.15, 0.2) is 58.8 Å². The van der Waals surface area contributed by atoms with Crippen LogP contribution in [-0.4, -0.2) is 22.7 Å². The van der Waals surface area contributed by atoms with Crippen molar-refractivity contribution < 1.29 is 14.6 Å². The molecule has 0 bridgehead atoms. The number of fused-ring (bicyclic) bond motifs is 1. The number of hydrogen-bond acceptors (Lipinski definition) is 4. The molecule has 0 aliphatic carbocycles. The minimum atomic E-state index is -0.456. The number of benzene rings is 2. The lowest BCUT2D eigenvalue weighted by atomic mass is 10.2. The summed E-state index contributed by atoms with van der Waals surface area (Å²) >= 11 is 0. The van der Waals surface area contributed by atoms with Gasteiger partial charge < -0.3 is 14.4 Å². The summed E-state index contributed by atoms with van der Waals surface area (Å²) in [7, 11) is 1.58. The van der Waals surface area contributed by atoms with Gasteiger partial charge in [-0.25, -0.2) is 0 Å². The van der Waals surface area contributed by atoms with Crippen LogP contribution < -0.4 is 4.74 Å². The number of hydrogen-bond donors (Lipinski definition) is 1. The van der Waals surface area contributed by atoms with Crippen molar-refractivity contribution in [2.24, 2.45) is 10.2 Å². The predicted molar refractivity (Wildman–Crippen MR) is 100 cm³/mol. The average molecular weight is 351 g/mol. The van der Waals surface area contributed by atoms with Crippen LogP contribution in [-0.2, 0) is 6.54 Å². The number of amides is 1. The highest BCUT2D eigenvalue weighted by Crippen LogP contribution is 2.40. The van der Waals surface area contributed by atoms with E-state index in [-0.39, 0.29) is 11.6 Å². The summed E-state index contributed by atoms with van der Waals surface area (Å²) in [6.45, 7) is 2.75. The van der Waals surface area contributed by atoms with E-state index in [1.54, 1.807) is 42.0 Å². The lowest BCUT2D eigenvalue weighted by molar-refractivity contribution is 0.0995. The van der Waals surface area contributed by atoms with Gasteiger partial charge >= 0.3 is 0 Å². The fraction of sp³-hybridized carbons (Fsp3) is 0.250. The standard InChI is InChI=1S/C20H21N3O3/c1-3-4-12-23-17-11-10-15(26-2)13-16(17)18(20(23)25)21-22-19(24)14-8-6-5-7-9-14/h5-11,13,25H,3-4,12H2,1-2H3. The smallest absolute Gasteiger partial charge is 0.295 e. The second kappa shape index (κ2) is 7.82. The van der Waals surface area contributed by atoms with Gasteiger partial charge in [0.1, 0.15) is 5.75 Å². The van der Waals surface area contributed by atoms with Crippen LogP contribution in [0, 0.1) is 0 Å². The van der Waals surface area contributed by atoms with Gasteiger partial charge in [0.15, 0.2) is 5.69 Å². The van der Waals surface area contributed by atoms with E-state index in [1.165, 1.54) is 0 Å². The maximum absolute atomic E-state index is 12.2. The molecule has 1 amide bonds. The van der Waals surface area contributed by atoms with Crippen LogP contribution >= 0.6 is 0 Å². The van der Waals surface area contributed by atoms with Crippen molar-refractivity contribution in [3.63, 3.8) is 0 Å². The third kappa shape index (κ3) is 3.44. The number of aromatic hydroxyl groups is 1. The Morgan fingerprint density at radius 3 is 2.65 bits per heavy atom. The highest BCUT2D eigenvalue weighted by Gasteiger charge is 2.17. The van der Waals surface area contributed by atoms with Gasteiger partial charge in [-0.05, 0) is 36.8 Å². The maximum atomic E-state index is 12.2. The number of azo groups is 1. The summed E-state index contributed by atoms with van der Waals surface area (Å²) in [6, 6.07) is 14.2. The number of unbranched alkanes of at least 4 members (excludes halogenated alkanes) is 1. The Morgan fingerprint density at radius 1 is 1.19 bits per heavy atom. The van der Waals surface area contributed by atoms with Crippen molar-refractivity contribution in [2.75, 3.05) is 7.11 Å². The predicted octanol–water partition coefficient (Wildman–Crippen LogP) is 5.08. The molecule has 0 fully saturated rings. The molecule has 6 heteroatoms. The van der Waals surface area contributed by atoms with Crippen molar-refractivity contribution in [3.05, 3.63) is 54.1 Å². The quantitative estimate of drug-likeness (QED) is 0.629. The molecular weight excluding hydrogens is 330 g/mol. The molecule has 1 heterocycles. The molecule has 1 aromatic heterocycles. The monoisotopic (exact) mass is 351 g/mol. The number of aryl methyl sites for hydroxylation is 1. The second-order valence-corrected chi connectivity index (χ2v) is 5.93. The maximum Gasteiger partial charge on any atom is 0.295 e. The molecule has 0 unspecified atom stereocenters. The van der Waals surface area contributed by atoms with Gasteiger partial charge in [-0.3, -0.25) is 4.79 Å². The highest BCUT2D eigenvalue weighted by molar-refractivity contribution is 5.97. The van der Waals surface area contributed by atoms with Crippen LogP contribution in [0.4, 0.5) is 5.69 Å². The Kier molecular flexibility index (Phi) is 5.31. The van der Waals surface area contributed by atoms with E-state index < -0.39 is 5.91 Å². The molecule has 1 N–H and O–H groups in total. The van der Waals surface area contributed by atoms with Crippen LogP contribution in [0.1, 0.15) is 30.1 Å². The molecule has 0 aliphatic heterocycles. The largest absolute Gasteiger partial charge is 0.497 e. The SMILES string of the molecule is CCCCn1c(O)c(N=NC(=O)c2ccccc2)c2cc(OC)ccc21. The average Bonchev–Trinajstić information content (AvgIpc) is 2.95. The van der Waals surface area contributed by atoms with Gasteiger partial charge in [0.05, 0.1) is 12.6 Å². The van der Waals surface area contributed by atoms with E-state index in [1.807, 2.05) is 18.2 Å². The molecule has 6 nitrogen and oxygen atoms in total. The van der Waals surface area contributed by atoms with Crippen molar-refractivity contribution in [3.8, 4) is 11.6 Å². The Bertz CT molecular complexity index is 946. The van der Waals surface area contributed by atoms with Crippen LogP contribution in [0.3, 0.4) is 0 Å². The molecule has 0 aliphatic rings. The first kappa shape index (κ1) is 17.7. The van der Waals surface area contributed by atoms with Crippen LogP contribution in [0.25, 0.3) is 10.9 Å². The van der Waals surface area contributed by atoms with Gasteiger partial charge in [-0.2, -0.15) is 0 Å². The third-order valence-corrected chi connectivity index (χ3v) is 4.21. The zero-order valence-electron chi connectivity index (χ0n) is 14.8. The Labute approximate surface area is 151 Å². The zero-order valence-corrected chi connectivity index (χ0v) is 14.8. The van der Waals surface area contributed by atoms with Gasteiger partial charge in [0.25, 0.3) is 5.91 Å². The van der Waals surface area contributed by atoms with E-state index in [2.05, 4.69) is 17.2 Å². The molecule has 0 saturated carbocycles. The number of nitrogens with zero attached hydrogens (tertiary/aromatic N) is 3. The number of aromatic nitrogens is 1. The summed E-state index contributed by atoms with van der Waals surface area (Å²) < 4.78 is 7.06. The number of rotatable bonds is 6. The molecule has 3 aromatic rings. The third-order valence-electron chi connectivity index (χ3n) is 4.21. The highest BCUT2D eigenvalue weighted by atomic mass is 16.5. The molecule has 0 atom stereocenters. The number of methoxy groups -OCH3 is 1. The molecule has 2 aromatic carbocycles. The van der Waals surface area contributed by atoms with Gasteiger partial charge in [-0.1, -0.05) is 31.5 Å². The van der Waals surface area contributed by atoms with E-state index in [4.69, 9.17) is 4.74 Å². The zero-order chi connectivity index (χ0) is 18.5. The van der Waals surface area contributed by atoms with Crippen molar-refractivity contribution in [2.45, 2.75) is 26.3 Å². The first-order chi connectivity index (χ1) is 12.7. The molecular formula is C20H21N3O3. The molecule has 26 heavy (non-hydrogen) atoms. The lowest BCUT2D eigenvalue weighted by Gasteiger charge is -2.05. The lowest BCUT2D eigenvalue weighted by Crippen LogP contribution is -1.96. The number of carbonyl (C=O) groups excluding carboxylic acids is 1. The molecule has 0 saturated heterocycles. The first-order valence-corrected chi connectivity index (χ1v) is 8.56. The van der Waals surface area contributed by atoms with Gasteiger partial charge in [0.2, 0.25) is 5.88 Å². The van der Waals surface area contributed by atoms with E-state index in [0.29, 0.717) is 23.2 Å². The molecule has 0 spiro atoms. The summed E-state index contributed by atoms with van der Waals surface area (Å²) in [5.41, 5.74) is 1.56. The topological polar surface area (TPSA) is 76.2 Å². The van der Waals surface area contributed by atoms with Crippen LogP contribution in [0.2, 0.25) is 0 Å². The van der Waals surface area contributed by atoms with Gasteiger partial charge in [-0.15, -0.1) is 10.2 Å². The summed E-state index contributed by atoms with van der Waals surface area (Å²) in [5.74, 6) is 0.199. The normalized spacial score (nSPS) is 11.3. The van der Waals surface area contributed by atoms with Crippen molar-refractivity contribution in [1.82, 2.24) is 4.57 Å². The summed E-state index contributed by atoms with van der Waals surface area (Å²) in [6.07, 6.45) is 1.92. The molecule has 134 valence electrons. The Morgan fingerprint density at radius 2 is 1.96 bits per heavy atom. The summed E-state index contributed by atoms with van der Waals surface area (Å²) in [5, 5.41) is 19.2. The summed E-state index contributed by atoms with van der Waals surface area (Å²) in [4.78, 5) is 12.2. The molecule has 3 rings (SSSR count). The minimum Gasteiger partial charge on any atom is -0.497 e. The van der Waals surface area contributed by atoms with E-state index in [9.17, 15) is 9.90 Å². The number of ether oxygens (including phenoxy) is 1. The second-order valence-electron chi connectivity index (χ2n) is 5.93. The Hall–Kier alpha value is -3.15. The van der Waals surface area contributed by atoms with Gasteiger partial charge in [0, 0.05) is 17.5 Å².